The molecular weight excluding hydrogens is 222 g/mol. The minimum absolute atomic E-state index is 0.459. The normalized spacial score (nSPS) is 12.7. The molecule has 0 amide bonds. The Hall–Kier alpha value is -1.39. The highest BCUT2D eigenvalue weighted by Crippen LogP contribution is 2.28. The minimum atomic E-state index is -1.94. The second-order valence-electron chi connectivity index (χ2n) is 3.77. The lowest BCUT2D eigenvalue weighted by Crippen LogP contribution is -2.09. The quantitative estimate of drug-likeness (QED) is 0.813. The Morgan fingerprint density at radius 3 is 2.31 bits per heavy atom. The molecule has 4 heteroatoms. The summed E-state index contributed by atoms with van der Waals surface area (Å²) in [6.07, 6.45) is 0. The summed E-state index contributed by atoms with van der Waals surface area (Å²) in [6, 6.07) is 11.2. The van der Waals surface area contributed by atoms with Gasteiger partial charge in [-0.15, -0.1) is 0 Å². The summed E-state index contributed by atoms with van der Waals surface area (Å²) in [4.78, 5) is 2.45. The molecule has 1 unspecified atom stereocenters. The van der Waals surface area contributed by atoms with E-state index < -0.39 is 11.1 Å². The van der Waals surface area contributed by atoms with Crippen molar-refractivity contribution in [1.29, 1.82) is 0 Å². The first-order chi connectivity index (χ1) is 7.61. The molecule has 0 saturated heterocycles. The lowest BCUT2D eigenvalue weighted by atomic mass is 10.1. The van der Waals surface area contributed by atoms with Gasteiger partial charge in [0.05, 0.1) is 4.90 Å². The van der Waals surface area contributed by atoms with Gasteiger partial charge < -0.3 is 9.45 Å². The third-order valence-corrected chi connectivity index (χ3v) is 3.26. The average Bonchev–Trinajstić information content (AvgIpc) is 2.27. The van der Waals surface area contributed by atoms with Gasteiger partial charge >= 0.3 is 0 Å². The molecule has 0 spiro atoms. The molecule has 16 heavy (non-hydrogen) atoms. The first-order valence-corrected chi connectivity index (χ1v) is 6.02. The summed E-state index contributed by atoms with van der Waals surface area (Å²) in [5.74, 6) is 0. The van der Waals surface area contributed by atoms with E-state index in [1.54, 1.807) is 12.1 Å². The van der Waals surface area contributed by atoms with E-state index in [-0.39, 0.29) is 0 Å². The number of rotatable bonds is 2. The summed E-state index contributed by atoms with van der Waals surface area (Å²) >= 11 is -1.94. The minimum Gasteiger partial charge on any atom is -0.377 e. The molecule has 3 nitrogen and oxygen atoms in total. The molecule has 0 bridgehead atoms. The molecule has 0 heterocycles. The molecule has 0 aliphatic carbocycles. The first-order valence-electron chi connectivity index (χ1n) is 4.91. The molecule has 0 radical (unpaired) electrons. The van der Waals surface area contributed by atoms with E-state index >= 15 is 0 Å². The van der Waals surface area contributed by atoms with E-state index in [0.717, 1.165) is 16.5 Å². The number of fused-ring (bicyclic) bond motifs is 1. The van der Waals surface area contributed by atoms with E-state index in [1.165, 1.54) is 0 Å². The van der Waals surface area contributed by atoms with Crippen LogP contribution in [0.15, 0.2) is 41.3 Å². The average molecular weight is 235 g/mol. The van der Waals surface area contributed by atoms with E-state index in [2.05, 4.69) is 0 Å². The second kappa shape index (κ2) is 4.23. The van der Waals surface area contributed by atoms with Crippen molar-refractivity contribution in [3.05, 3.63) is 36.4 Å². The van der Waals surface area contributed by atoms with Crippen LogP contribution in [0.3, 0.4) is 0 Å². The van der Waals surface area contributed by atoms with Gasteiger partial charge in [-0.3, -0.25) is 0 Å². The second-order valence-corrected chi connectivity index (χ2v) is 4.71. The van der Waals surface area contributed by atoms with Crippen LogP contribution in [0.2, 0.25) is 0 Å². The molecule has 2 aromatic rings. The molecule has 1 N–H and O–H groups in total. The molecule has 0 aromatic heterocycles. The Labute approximate surface area is 97.0 Å². The number of hydrogen-bond donors (Lipinski definition) is 1. The topological polar surface area (TPSA) is 40.5 Å². The van der Waals surface area contributed by atoms with Gasteiger partial charge in [-0.05, 0) is 12.1 Å². The number of hydrogen-bond acceptors (Lipinski definition) is 2. The predicted molar refractivity (Wildman–Crippen MR) is 67.3 cm³/mol. The zero-order valence-corrected chi connectivity index (χ0v) is 9.99. The Kier molecular flexibility index (Phi) is 2.94. The van der Waals surface area contributed by atoms with Crippen molar-refractivity contribution in [3.8, 4) is 0 Å². The van der Waals surface area contributed by atoms with Gasteiger partial charge in [0, 0.05) is 30.6 Å². The molecule has 0 aliphatic heterocycles. The predicted octanol–water partition coefficient (Wildman–Crippen LogP) is 2.49. The van der Waals surface area contributed by atoms with Crippen molar-refractivity contribution in [2.45, 2.75) is 4.90 Å². The maximum absolute atomic E-state index is 11.2. The SMILES string of the molecule is CN(C)c1cccc2c(S(=O)O)cccc12. The lowest BCUT2D eigenvalue weighted by Gasteiger charge is -2.16. The maximum Gasteiger partial charge on any atom is 0.187 e. The Morgan fingerprint density at radius 2 is 1.69 bits per heavy atom. The van der Waals surface area contributed by atoms with E-state index in [4.69, 9.17) is 0 Å². The van der Waals surface area contributed by atoms with Crippen LogP contribution in [0.25, 0.3) is 10.8 Å². The number of benzene rings is 2. The maximum atomic E-state index is 11.2. The Morgan fingerprint density at radius 1 is 1.06 bits per heavy atom. The third-order valence-electron chi connectivity index (χ3n) is 2.53. The van der Waals surface area contributed by atoms with E-state index in [0.29, 0.717) is 4.90 Å². The summed E-state index contributed by atoms with van der Waals surface area (Å²) in [7, 11) is 3.91. The summed E-state index contributed by atoms with van der Waals surface area (Å²) < 4.78 is 20.4. The van der Waals surface area contributed by atoms with Gasteiger partial charge in [-0.25, -0.2) is 4.21 Å². The van der Waals surface area contributed by atoms with Gasteiger partial charge in [0.1, 0.15) is 0 Å². The Bertz CT molecular complexity index is 552. The van der Waals surface area contributed by atoms with Gasteiger partial charge in [0.15, 0.2) is 11.1 Å². The third kappa shape index (κ3) is 1.81. The fraction of sp³-hybridized carbons (Fsp3) is 0.167. The highest BCUT2D eigenvalue weighted by Gasteiger charge is 2.08. The van der Waals surface area contributed by atoms with Crippen LogP contribution >= 0.6 is 0 Å². The van der Waals surface area contributed by atoms with Crippen molar-refractivity contribution in [3.63, 3.8) is 0 Å². The number of nitrogens with zero attached hydrogens (tertiary/aromatic N) is 1. The highest BCUT2D eigenvalue weighted by molar-refractivity contribution is 7.79. The van der Waals surface area contributed by atoms with Gasteiger partial charge in [0.2, 0.25) is 0 Å². The van der Waals surface area contributed by atoms with Crippen LogP contribution in [0.5, 0.6) is 0 Å². The first kappa shape index (κ1) is 11.1. The fourth-order valence-corrected chi connectivity index (χ4v) is 2.37. The van der Waals surface area contributed by atoms with Crippen molar-refractivity contribution < 1.29 is 8.76 Å². The monoisotopic (exact) mass is 235 g/mol. The summed E-state index contributed by atoms with van der Waals surface area (Å²) in [5, 5.41) is 1.82. The van der Waals surface area contributed by atoms with Crippen LogP contribution < -0.4 is 4.90 Å². The standard InChI is InChI=1S/C12H13NO2S/c1-13(2)11-7-3-6-10-9(11)5-4-8-12(10)16(14)15/h3-8H,1-2H3,(H,14,15). The van der Waals surface area contributed by atoms with Gasteiger partial charge in [0.25, 0.3) is 0 Å². The van der Waals surface area contributed by atoms with Crippen LogP contribution in [-0.4, -0.2) is 22.9 Å². The molecule has 2 aromatic carbocycles. The van der Waals surface area contributed by atoms with Crippen molar-refractivity contribution >= 4 is 27.5 Å². The van der Waals surface area contributed by atoms with Crippen LogP contribution in [-0.2, 0) is 11.1 Å². The van der Waals surface area contributed by atoms with Crippen molar-refractivity contribution in [1.82, 2.24) is 0 Å². The molecule has 0 saturated carbocycles. The highest BCUT2D eigenvalue weighted by atomic mass is 32.2. The zero-order chi connectivity index (χ0) is 11.7. The summed E-state index contributed by atoms with van der Waals surface area (Å²) in [5.41, 5.74) is 1.05. The van der Waals surface area contributed by atoms with Gasteiger partial charge in [-0.2, -0.15) is 0 Å². The largest absolute Gasteiger partial charge is 0.377 e. The molecular formula is C12H13NO2S. The number of anilines is 1. The van der Waals surface area contributed by atoms with E-state index in [9.17, 15) is 8.76 Å². The van der Waals surface area contributed by atoms with Crippen LogP contribution in [0.4, 0.5) is 5.69 Å². The summed E-state index contributed by atoms with van der Waals surface area (Å²) in [6.45, 7) is 0. The Balaban J connectivity index is 2.81. The smallest absolute Gasteiger partial charge is 0.187 e. The molecule has 0 aliphatic rings. The molecule has 1 atom stereocenters. The molecule has 0 fully saturated rings. The van der Waals surface area contributed by atoms with Crippen LogP contribution in [0.1, 0.15) is 0 Å². The van der Waals surface area contributed by atoms with Crippen LogP contribution in [0, 0.1) is 0 Å². The molecule has 84 valence electrons. The van der Waals surface area contributed by atoms with Gasteiger partial charge in [-0.1, -0.05) is 24.3 Å². The lowest BCUT2D eigenvalue weighted by molar-refractivity contribution is 0.565. The van der Waals surface area contributed by atoms with Crippen molar-refractivity contribution in [2.24, 2.45) is 0 Å². The van der Waals surface area contributed by atoms with Crippen molar-refractivity contribution in [2.75, 3.05) is 19.0 Å². The zero-order valence-electron chi connectivity index (χ0n) is 9.18. The molecule has 2 rings (SSSR count). The van der Waals surface area contributed by atoms with E-state index in [1.807, 2.05) is 43.3 Å². The fourth-order valence-electron chi connectivity index (χ4n) is 1.81.